The van der Waals surface area contributed by atoms with E-state index in [0.717, 1.165) is 55.8 Å². The highest BCUT2D eigenvalue weighted by Crippen LogP contribution is 2.36. The van der Waals surface area contributed by atoms with Crippen molar-refractivity contribution in [2.45, 2.75) is 63.7 Å². The highest BCUT2D eigenvalue weighted by Gasteiger charge is 2.45. The van der Waals surface area contributed by atoms with E-state index in [0.29, 0.717) is 24.2 Å². The first-order chi connectivity index (χ1) is 18.1. The van der Waals surface area contributed by atoms with Crippen LogP contribution in [0.4, 0.5) is 0 Å². The van der Waals surface area contributed by atoms with Gasteiger partial charge in [-0.25, -0.2) is 0 Å². The Labute approximate surface area is 221 Å². The molecule has 0 aliphatic carbocycles. The number of piperazine rings is 1. The summed E-state index contributed by atoms with van der Waals surface area (Å²) < 4.78 is 0. The lowest BCUT2D eigenvalue weighted by Crippen LogP contribution is -2.59. The maximum Gasteiger partial charge on any atom is 0.256 e. The molecule has 0 radical (unpaired) electrons. The van der Waals surface area contributed by atoms with Gasteiger partial charge in [0.05, 0.1) is 17.3 Å². The maximum absolute atomic E-state index is 13.6. The molecule has 2 atom stereocenters. The summed E-state index contributed by atoms with van der Waals surface area (Å²) in [6.45, 7) is 8.21. The summed E-state index contributed by atoms with van der Waals surface area (Å²) >= 11 is 0. The van der Waals surface area contributed by atoms with Gasteiger partial charge in [0.25, 0.3) is 5.91 Å². The van der Waals surface area contributed by atoms with Gasteiger partial charge in [0.15, 0.2) is 0 Å². The number of pyridine rings is 1. The first kappa shape index (κ1) is 24.3. The average molecular weight is 495 g/mol. The molecule has 0 N–H and O–H groups in total. The first-order valence-electron chi connectivity index (χ1n) is 13.9. The van der Waals surface area contributed by atoms with Gasteiger partial charge in [-0.1, -0.05) is 60.7 Å². The van der Waals surface area contributed by atoms with Crippen molar-refractivity contribution >= 4 is 5.91 Å². The van der Waals surface area contributed by atoms with Crippen LogP contribution in [0.15, 0.2) is 72.9 Å². The Morgan fingerprint density at radius 2 is 1.35 bits per heavy atom. The van der Waals surface area contributed by atoms with Crippen molar-refractivity contribution in [1.82, 2.24) is 19.7 Å². The Bertz CT molecular complexity index is 1150. The van der Waals surface area contributed by atoms with Gasteiger partial charge in [0.2, 0.25) is 0 Å². The average Bonchev–Trinajstić information content (AvgIpc) is 3.19. The zero-order valence-corrected chi connectivity index (χ0v) is 22.1. The fourth-order valence-corrected chi connectivity index (χ4v) is 7.11. The summed E-state index contributed by atoms with van der Waals surface area (Å²) in [5.74, 6) is 0.193. The molecule has 3 saturated heterocycles. The molecular weight excluding hydrogens is 456 g/mol. The molecule has 5 heteroatoms. The van der Waals surface area contributed by atoms with Crippen LogP contribution >= 0.6 is 0 Å². The smallest absolute Gasteiger partial charge is 0.256 e. The molecule has 0 saturated carbocycles. The zero-order valence-electron chi connectivity index (χ0n) is 22.1. The number of carbonyl (C=O) groups excluding carboxylic acids is 1. The Morgan fingerprint density at radius 1 is 0.784 bits per heavy atom. The van der Waals surface area contributed by atoms with E-state index in [2.05, 4.69) is 80.3 Å². The number of hydrogen-bond donors (Lipinski definition) is 0. The van der Waals surface area contributed by atoms with Gasteiger partial charge in [-0.05, 0) is 62.3 Å². The van der Waals surface area contributed by atoms with E-state index < -0.39 is 0 Å². The third kappa shape index (κ3) is 4.71. The van der Waals surface area contributed by atoms with Gasteiger partial charge in [0, 0.05) is 50.5 Å². The molecule has 1 amide bonds. The number of aryl methyl sites for hydroxylation is 2. The van der Waals surface area contributed by atoms with E-state index in [-0.39, 0.29) is 5.91 Å². The monoisotopic (exact) mass is 494 g/mol. The molecule has 2 aromatic carbocycles. The number of benzene rings is 2. The summed E-state index contributed by atoms with van der Waals surface area (Å²) in [5.41, 5.74) is 5.45. The van der Waals surface area contributed by atoms with E-state index >= 15 is 0 Å². The van der Waals surface area contributed by atoms with Gasteiger partial charge < -0.3 is 4.90 Å². The molecule has 4 heterocycles. The normalized spacial score (nSPS) is 23.1. The number of piperidine rings is 1. The Kier molecular flexibility index (Phi) is 6.83. The predicted molar refractivity (Wildman–Crippen MR) is 148 cm³/mol. The van der Waals surface area contributed by atoms with Crippen LogP contribution in [0.25, 0.3) is 0 Å². The fourth-order valence-electron chi connectivity index (χ4n) is 7.11. The maximum atomic E-state index is 13.6. The van der Waals surface area contributed by atoms with Crippen molar-refractivity contribution in [3.8, 4) is 0 Å². The lowest BCUT2D eigenvalue weighted by molar-refractivity contribution is 0.0153. The standard InChI is InChI=1S/C32H38N4O/c1-23-15-18-33-24(2)30(23)32(37)36-28-13-14-29(36)22-35(21-28)27-16-19-34(20-17-27)31(25-9-5-3-6-10-25)26-11-7-4-8-12-26/h3-12,15,18,27-29,31H,13-14,16-17,19-22H2,1-2H3. The number of likely N-dealkylation sites (tertiary alicyclic amines) is 2. The Balaban J connectivity index is 1.13. The van der Waals surface area contributed by atoms with E-state index in [1.165, 1.54) is 24.0 Å². The molecule has 192 valence electrons. The molecule has 37 heavy (non-hydrogen) atoms. The fraction of sp³-hybridized carbons (Fsp3) is 0.438. The summed E-state index contributed by atoms with van der Waals surface area (Å²) in [4.78, 5) is 25.6. The Morgan fingerprint density at radius 3 is 1.89 bits per heavy atom. The van der Waals surface area contributed by atoms with Crippen LogP contribution in [0.5, 0.6) is 0 Å². The quantitative estimate of drug-likeness (QED) is 0.486. The number of amides is 1. The summed E-state index contributed by atoms with van der Waals surface area (Å²) in [6.07, 6.45) is 6.41. The van der Waals surface area contributed by atoms with E-state index in [1.54, 1.807) is 6.20 Å². The van der Waals surface area contributed by atoms with E-state index in [4.69, 9.17) is 0 Å². The lowest BCUT2D eigenvalue weighted by Gasteiger charge is -2.47. The molecule has 2 bridgehead atoms. The minimum Gasteiger partial charge on any atom is -0.330 e. The molecular formula is C32H38N4O. The number of nitrogens with zero attached hydrogens (tertiary/aromatic N) is 4. The molecule has 2 unspecified atom stereocenters. The van der Waals surface area contributed by atoms with Crippen LogP contribution in [0.1, 0.15) is 64.5 Å². The van der Waals surface area contributed by atoms with Crippen LogP contribution in [0.2, 0.25) is 0 Å². The number of aromatic nitrogens is 1. The molecule has 6 rings (SSSR count). The minimum absolute atomic E-state index is 0.193. The van der Waals surface area contributed by atoms with Gasteiger partial charge >= 0.3 is 0 Å². The van der Waals surface area contributed by atoms with E-state index in [1.807, 2.05) is 19.9 Å². The highest BCUT2D eigenvalue weighted by atomic mass is 16.2. The summed E-state index contributed by atoms with van der Waals surface area (Å²) in [7, 11) is 0. The van der Waals surface area contributed by atoms with Crippen LogP contribution in [0, 0.1) is 13.8 Å². The van der Waals surface area contributed by atoms with Crippen molar-refractivity contribution < 1.29 is 4.79 Å². The zero-order chi connectivity index (χ0) is 25.4. The summed E-state index contributed by atoms with van der Waals surface area (Å²) in [5, 5.41) is 0. The minimum atomic E-state index is 0.193. The second-order valence-corrected chi connectivity index (χ2v) is 11.1. The molecule has 1 aromatic heterocycles. The first-order valence-corrected chi connectivity index (χ1v) is 13.9. The van der Waals surface area contributed by atoms with Crippen molar-refractivity contribution in [1.29, 1.82) is 0 Å². The molecule has 3 aliphatic rings. The third-order valence-corrected chi connectivity index (χ3v) is 8.92. The van der Waals surface area contributed by atoms with Crippen molar-refractivity contribution in [2.24, 2.45) is 0 Å². The van der Waals surface area contributed by atoms with Crippen LogP contribution in [0.3, 0.4) is 0 Å². The van der Waals surface area contributed by atoms with Crippen molar-refractivity contribution in [3.63, 3.8) is 0 Å². The third-order valence-electron chi connectivity index (χ3n) is 8.92. The highest BCUT2D eigenvalue weighted by molar-refractivity contribution is 5.97. The largest absolute Gasteiger partial charge is 0.330 e. The van der Waals surface area contributed by atoms with Gasteiger partial charge in [-0.2, -0.15) is 0 Å². The van der Waals surface area contributed by atoms with Crippen molar-refractivity contribution in [3.05, 3.63) is 101 Å². The molecule has 3 aromatic rings. The lowest BCUT2D eigenvalue weighted by atomic mass is 9.93. The van der Waals surface area contributed by atoms with Crippen LogP contribution in [-0.4, -0.2) is 69.9 Å². The SMILES string of the molecule is Cc1ccnc(C)c1C(=O)N1C2CCC1CN(C1CCN(C(c3ccccc3)c3ccccc3)CC1)C2. The summed E-state index contributed by atoms with van der Waals surface area (Å²) in [6, 6.07) is 25.4. The van der Waals surface area contributed by atoms with Gasteiger partial charge in [0.1, 0.15) is 0 Å². The topological polar surface area (TPSA) is 39.7 Å². The van der Waals surface area contributed by atoms with Gasteiger partial charge in [-0.3, -0.25) is 19.6 Å². The van der Waals surface area contributed by atoms with Crippen molar-refractivity contribution in [2.75, 3.05) is 26.2 Å². The second-order valence-electron chi connectivity index (χ2n) is 11.1. The predicted octanol–water partition coefficient (Wildman–Crippen LogP) is 5.24. The number of rotatable bonds is 5. The second kappa shape index (κ2) is 10.4. The number of carbonyl (C=O) groups is 1. The number of fused-ring (bicyclic) bond motifs is 2. The molecule has 0 spiro atoms. The number of hydrogen-bond acceptors (Lipinski definition) is 4. The van der Waals surface area contributed by atoms with Gasteiger partial charge in [-0.15, -0.1) is 0 Å². The molecule has 3 fully saturated rings. The molecule has 5 nitrogen and oxygen atoms in total. The Hall–Kier alpha value is -3.02. The van der Waals surface area contributed by atoms with Crippen LogP contribution < -0.4 is 0 Å². The van der Waals surface area contributed by atoms with E-state index in [9.17, 15) is 4.79 Å². The van der Waals surface area contributed by atoms with Crippen LogP contribution in [-0.2, 0) is 0 Å². The molecule has 3 aliphatic heterocycles.